The summed E-state index contributed by atoms with van der Waals surface area (Å²) >= 11 is 0. The van der Waals surface area contributed by atoms with Crippen molar-refractivity contribution in [3.63, 3.8) is 0 Å². The minimum absolute atomic E-state index is 0.0484. The number of imidazole rings is 1. The molecule has 0 spiro atoms. The molecule has 0 bridgehead atoms. The standard InChI is InChI=1S/C21H27N5O8/c1-4-31-19(29)14-5-12(14)8-25-15-7-23-20(22)24-17(15)26(21(25)30)18-16(33-11(3)28)6-13(34-18)9-32-10(2)27/h7,12-14,16,18H,4-6,8-9H2,1-3H3,(H2,22,23,24)/t12-,13-,14+,16+,18+/m0/s1. The summed E-state index contributed by atoms with van der Waals surface area (Å²) in [5.41, 5.74) is 5.93. The molecule has 13 nitrogen and oxygen atoms in total. The molecule has 4 rings (SSSR count). The topological polar surface area (TPSA) is 167 Å². The van der Waals surface area contributed by atoms with Gasteiger partial charge in [-0.25, -0.2) is 14.3 Å². The lowest BCUT2D eigenvalue weighted by Gasteiger charge is -2.19. The minimum atomic E-state index is -1.02. The molecule has 1 saturated heterocycles. The van der Waals surface area contributed by atoms with Gasteiger partial charge in [0.15, 0.2) is 11.9 Å². The fourth-order valence-corrected chi connectivity index (χ4v) is 4.28. The zero-order valence-electron chi connectivity index (χ0n) is 19.1. The van der Waals surface area contributed by atoms with Gasteiger partial charge in [-0.2, -0.15) is 4.98 Å². The molecule has 13 heteroatoms. The highest BCUT2D eigenvalue weighted by Crippen LogP contribution is 2.41. The van der Waals surface area contributed by atoms with Crippen LogP contribution in [0.25, 0.3) is 11.2 Å². The minimum Gasteiger partial charge on any atom is -0.466 e. The van der Waals surface area contributed by atoms with Gasteiger partial charge >= 0.3 is 23.6 Å². The van der Waals surface area contributed by atoms with Crippen molar-refractivity contribution < 1.29 is 33.3 Å². The largest absolute Gasteiger partial charge is 0.466 e. The molecule has 184 valence electrons. The van der Waals surface area contributed by atoms with Crippen LogP contribution in [0.1, 0.15) is 39.8 Å². The average Bonchev–Trinajstić information content (AvgIpc) is 3.36. The van der Waals surface area contributed by atoms with E-state index in [-0.39, 0.29) is 49.0 Å². The number of fused-ring (bicyclic) bond motifs is 1. The molecule has 1 saturated carbocycles. The van der Waals surface area contributed by atoms with E-state index < -0.39 is 36.1 Å². The van der Waals surface area contributed by atoms with Crippen LogP contribution in [-0.2, 0) is 39.9 Å². The third-order valence-electron chi connectivity index (χ3n) is 5.84. The molecule has 0 unspecified atom stereocenters. The number of anilines is 1. The van der Waals surface area contributed by atoms with Crippen molar-refractivity contribution in [3.05, 3.63) is 16.7 Å². The van der Waals surface area contributed by atoms with Crippen LogP contribution in [0.3, 0.4) is 0 Å². The number of hydrogen-bond donors (Lipinski definition) is 1. The fourth-order valence-electron chi connectivity index (χ4n) is 4.28. The third kappa shape index (κ3) is 4.74. The molecule has 34 heavy (non-hydrogen) atoms. The van der Waals surface area contributed by atoms with Crippen LogP contribution < -0.4 is 11.4 Å². The molecule has 2 N–H and O–H groups in total. The van der Waals surface area contributed by atoms with Gasteiger partial charge in [0, 0.05) is 26.8 Å². The average molecular weight is 477 g/mol. The van der Waals surface area contributed by atoms with Gasteiger partial charge in [0.1, 0.15) is 18.2 Å². The molecule has 5 atom stereocenters. The number of carbonyl (C=O) groups excluding carboxylic acids is 3. The Hall–Kier alpha value is -3.48. The highest BCUT2D eigenvalue weighted by Gasteiger charge is 2.46. The summed E-state index contributed by atoms with van der Waals surface area (Å²) in [6.07, 6.45) is -0.184. The van der Waals surface area contributed by atoms with Crippen molar-refractivity contribution in [3.8, 4) is 0 Å². The molecule has 2 aliphatic rings. The molecule has 2 aromatic rings. The van der Waals surface area contributed by atoms with E-state index in [1.165, 1.54) is 29.2 Å². The summed E-state index contributed by atoms with van der Waals surface area (Å²) in [4.78, 5) is 56.8. The van der Waals surface area contributed by atoms with Crippen molar-refractivity contribution in [2.24, 2.45) is 11.8 Å². The first-order chi connectivity index (χ1) is 16.2. The highest BCUT2D eigenvalue weighted by atomic mass is 16.6. The van der Waals surface area contributed by atoms with Gasteiger partial charge in [-0.3, -0.25) is 19.0 Å². The fraction of sp³-hybridized carbons (Fsp3) is 0.619. The molecule has 0 radical (unpaired) electrons. The first kappa shape index (κ1) is 23.7. The lowest BCUT2D eigenvalue weighted by molar-refractivity contribution is -0.153. The van der Waals surface area contributed by atoms with Crippen LogP contribution in [0.2, 0.25) is 0 Å². The number of nitrogen functional groups attached to an aromatic ring is 1. The first-order valence-electron chi connectivity index (χ1n) is 11.1. The normalized spacial score (nSPS) is 25.8. The van der Waals surface area contributed by atoms with E-state index in [4.69, 9.17) is 24.7 Å². The molecule has 2 aromatic heterocycles. The number of ether oxygens (including phenoxy) is 4. The number of carbonyl (C=O) groups is 3. The second-order valence-corrected chi connectivity index (χ2v) is 8.39. The SMILES string of the molecule is CCOC(=O)[C@@H]1C[C@H]1Cn1c(=O)n([C@@H]2O[C@H](COC(C)=O)C[C@H]2OC(C)=O)c2nc(N)ncc21. The highest BCUT2D eigenvalue weighted by molar-refractivity contribution is 5.76. The van der Waals surface area contributed by atoms with Gasteiger partial charge in [0.25, 0.3) is 0 Å². The number of rotatable bonds is 8. The van der Waals surface area contributed by atoms with Crippen LogP contribution in [0.4, 0.5) is 5.95 Å². The monoisotopic (exact) mass is 477 g/mol. The maximum Gasteiger partial charge on any atom is 0.332 e. The van der Waals surface area contributed by atoms with E-state index >= 15 is 0 Å². The summed E-state index contributed by atoms with van der Waals surface area (Å²) in [5, 5.41) is 0. The van der Waals surface area contributed by atoms with E-state index in [1.807, 2.05) is 0 Å². The Bertz CT molecular complexity index is 1170. The molecule has 0 aromatic carbocycles. The smallest absolute Gasteiger partial charge is 0.332 e. The van der Waals surface area contributed by atoms with Crippen LogP contribution in [0.15, 0.2) is 11.0 Å². The number of aromatic nitrogens is 4. The van der Waals surface area contributed by atoms with Crippen LogP contribution >= 0.6 is 0 Å². The second kappa shape index (κ2) is 9.41. The lowest BCUT2D eigenvalue weighted by atomic mass is 10.2. The van der Waals surface area contributed by atoms with Gasteiger partial charge in [-0.1, -0.05) is 0 Å². The quantitative estimate of drug-likeness (QED) is 0.406. The maximum absolute atomic E-state index is 13.6. The summed E-state index contributed by atoms with van der Waals surface area (Å²) in [6, 6.07) is 0. The summed E-state index contributed by atoms with van der Waals surface area (Å²) in [5.74, 6) is -1.71. The Morgan fingerprint density at radius 2 is 1.97 bits per heavy atom. The molecule has 1 aliphatic heterocycles. The van der Waals surface area contributed by atoms with Crippen molar-refractivity contribution in [1.29, 1.82) is 0 Å². The Labute approximate surface area is 194 Å². The van der Waals surface area contributed by atoms with E-state index in [1.54, 1.807) is 6.92 Å². The van der Waals surface area contributed by atoms with E-state index in [9.17, 15) is 19.2 Å². The Kier molecular flexibility index (Phi) is 6.55. The van der Waals surface area contributed by atoms with Gasteiger partial charge in [0.2, 0.25) is 5.95 Å². The molecule has 3 heterocycles. The van der Waals surface area contributed by atoms with Crippen LogP contribution in [0.5, 0.6) is 0 Å². The van der Waals surface area contributed by atoms with E-state index in [0.717, 1.165) is 0 Å². The van der Waals surface area contributed by atoms with Crippen LogP contribution in [-0.4, -0.2) is 62.4 Å². The third-order valence-corrected chi connectivity index (χ3v) is 5.84. The molecule has 2 fully saturated rings. The molecule has 0 amide bonds. The van der Waals surface area contributed by atoms with Crippen molar-refractivity contribution in [1.82, 2.24) is 19.1 Å². The zero-order valence-corrected chi connectivity index (χ0v) is 19.1. The maximum atomic E-state index is 13.6. The first-order valence-corrected chi connectivity index (χ1v) is 11.1. The van der Waals surface area contributed by atoms with Gasteiger partial charge in [-0.15, -0.1) is 0 Å². The summed E-state index contributed by atoms with van der Waals surface area (Å²) < 4.78 is 24.3. The van der Waals surface area contributed by atoms with Crippen molar-refractivity contribution in [2.45, 2.75) is 58.6 Å². The molecular formula is C21H27N5O8. The van der Waals surface area contributed by atoms with Gasteiger partial charge in [0.05, 0.1) is 24.8 Å². The Balaban J connectivity index is 1.68. The number of nitrogens with two attached hydrogens (primary N) is 1. The molecular weight excluding hydrogens is 450 g/mol. The molecule has 1 aliphatic carbocycles. The second-order valence-electron chi connectivity index (χ2n) is 8.39. The predicted octanol–water partition coefficient (Wildman–Crippen LogP) is 0.157. The zero-order chi connectivity index (χ0) is 24.6. The van der Waals surface area contributed by atoms with Crippen LogP contribution in [0, 0.1) is 11.8 Å². The summed E-state index contributed by atoms with van der Waals surface area (Å²) in [6.45, 7) is 4.75. The predicted molar refractivity (Wildman–Crippen MR) is 115 cm³/mol. The number of nitrogens with zero attached hydrogens (tertiary/aromatic N) is 4. The van der Waals surface area contributed by atoms with Gasteiger partial charge < -0.3 is 24.7 Å². The number of esters is 3. The van der Waals surface area contributed by atoms with Gasteiger partial charge in [-0.05, 0) is 19.3 Å². The van der Waals surface area contributed by atoms with E-state index in [0.29, 0.717) is 18.5 Å². The summed E-state index contributed by atoms with van der Waals surface area (Å²) in [7, 11) is 0. The van der Waals surface area contributed by atoms with E-state index in [2.05, 4.69) is 9.97 Å². The van der Waals surface area contributed by atoms with Crippen molar-refractivity contribution >= 4 is 35.0 Å². The number of hydrogen-bond acceptors (Lipinski definition) is 11. The Morgan fingerprint density at radius 3 is 2.65 bits per heavy atom. The lowest BCUT2D eigenvalue weighted by Crippen LogP contribution is -2.34. The Morgan fingerprint density at radius 1 is 1.21 bits per heavy atom. The van der Waals surface area contributed by atoms with Crippen molar-refractivity contribution in [2.75, 3.05) is 18.9 Å².